The molecule has 1 aromatic carbocycles. The summed E-state index contributed by atoms with van der Waals surface area (Å²) >= 11 is 5.91. The van der Waals surface area contributed by atoms with Crippen LogP contribution in [-0.4, -0.2) is 6.04 Å². The first-order chi connectivity index (χ1) is 6.16. The number of hydrogen-bond acceptors (Lipinski definition) is 1. The molecule has 0 spiro atoms. The second kappa shape index (κ2) is 3.28. The molecule has 0 saturated carbocycles. The van der Waals surface area contributed by atoms with E-state index in [1.54, 1.807) is 6.07 Å². The van der Waals surface area contributed by atoms with Crippen molar-refractivity contribution in [1.29, 1.82) is 0 Å². The Bertz CT molecular complexity index is 338. The van der Waals surface area contributed by atoms with Crippen molar-refractivity contribution in [3.63, 3.8) is 0 Å². The van der Waals surface area contributed by atoms with Crippen LogP contribution in [0, 0.1) is 5.82 Å². The Morgan fingerprint density at radius 2 is 2.23 bits per heavy atom. The average molecular weight is 200 g/mol. The summed E-state index contributed by atoms with van der Waals surface area (Å²) in [6.45, 7) is 0. The largest absolute Gasteiger partial charge is 0.327 e. The van der Waals surface area contributed by atoms with Gasteiger partial charge in [0, 0.05) is 11.1 Å². The molecule has 1 atom stereocenters. The normalized spacial score (nSPS) is 21.3. The third kappa shape index (κ3) is 1.69. The van der Waals surface area contributed by atoms with E-state index in [0.29, 0.717) is 5.02 Å². The number of halogens is 2. The highest BCUT2D eigenvalue weighted by atomic mass is 35.5. The minimum absolute atomic E-state index is 0.158. The van der Waals surface area contributed by atoms with Crippen molar-refractivity contribution in [2.45, 2.75) is 25.3 Å². The molecule has 1 aliphatic rings. The lowest BCUT2D eigenvalue weighted by molar-refractivity contribution is 0.566. The van der Waals surface area contributed by atoms with Crippen LogP contribution < -0.4 is 5.73 Å². The van der Waals surface area contributed by atoms with Crippen molar-refractivity contribution in [3.05, 3.63) is 34.1 Å². The summed E-state index contributed by atoms with van der Waals surface area (Å²) in [4.78, 5) is 0. The number of hydrogen-bond donors (Lipinski definition) is 1. The molecule has 2 N–H and O–H groups in total. The van der Waals surface area contributed by atoms with Crippen molar-refractivity contribution in [2.75, 3.05) is 0 Å². The molecule has 0 fully saturated rings. The maximum atomic E-state index is 13.0. The van der Waals surface area contributed by atoms with E-state index in [4.69, 9.17) is 17.3 Å². The molecule has 0 unspecified atom stereocenters. The highest BCUT2D eigenvalue weighted by molar-refractivity contribution is 6.31. The van der Waals surface area contributed by atoms with Gasteiger partial charge in [0.05, 0.1) is 0 Å². The fraction of sp³-hybridized carbons (Fsp3) is 0.400. The van der Waals surface area contributed by atoms with Gasteiger partial charge in [0.15, 0.2) is 0 Å². The molecule has 0 amide bonds. The highest BCUT2D eigenvalue weighted by Gasteiger charge is 2.18. The van der Waals surface area contributed by atoms with E-state index in [9.17, 15) is 4.39 Å². The van der Waals surface area contributed by atoms with E-state index in [1.165, 1.54) is 6.07 Å². The van der Waals surface area contributed by atoms with Crippen molar-refractivity contribution in [3.8, 4) is 0 Å². The molecule has 0 heterocycles. The van der Waals surface area contributed by atoms with Crippen molar-refractivity contribution in [1.82, 2.24) is 0 Å². The van der Waals surface area contributed by atoms with Crippen LogP contribution in [0.15, 0.2) is 12.1 Å². The molecule has 0 bridgehead atoms. The summed E-state index contributed by atoms with van der Waals surface area (Å²) < 4.78 is 13.0. The van der Waals surface area contributed by atoms with Crippen LogP contribution in [-0.2, 0) is 12.8 Å². The molecular weight excluding hydrogens is 189 g/mol. The zero-order valence-electron chi connectivity index (χ0n) is 7.19. The molecule has 70 valence electrons. The fourth-order valence-corrected chi connectivity index (χ4v) is 2.15. The first-order valence-corrected chi connectivity index (χ1v) is 4.77. The van der Waals surface area contributed by atoms with Gasteiger partial charge in [-0.3, -0.25) is 0 Å². The number of rotatable bonds is 0. The van der Waals surface area contributed by atoms with Gasteiger partial charge in [-0.1, -0.05) is 11.6 Å². The van der Waals surface area contributed by atoms with Crippen LogP contribution in [0.25, 0.3) is 0 Å². The van der Waals surface area contributed by atoms with Crippen LogP contribution in [0.2, 0.25) is 5.02 Å². The monoisotopic (exact) mass is 199 g/mol. The first-order valence-electron chi connectivity index (χ1n) is 4.39. The molecule has 1 aromatic rings. The first kappa shape index (κ1) is 8.97. The summed E-state index contributed by atoms with van der Waals surface area (Å²) in [7, 11) is 0. The summed E-state index contributed by atoms with van der Waals surface area (Å²) in [5.41, 5.74) is 7.83. The van der Waals surface area contributed by atoms with Gasteiger partial charge < -0.3 is 5.73 Å². The van der Waals surface area contributed by atoms with Crippen molar-refractivity contribution >= 4 is 11.6 Å². The van der Waals surface area contributed by atoms with E-state index in [1.807, 2.05) is 0 Å². The molecule has 0 radical (unpaired) electrons. The molecular formula is C10H11ClFN. The second-order valence-electron chi connectivity index (χ2n) is 3.53. The Morgan fingerprint density at radius 1 is 1.46 bits per heavy atom. The zero-order chi connectivity index (χ0) is 9.42. The summed E-state index contributed by atoms with van der Waals surface area (Å²) in [6, 6.07) is 3.07. The average Bonchev–Trinajstić information content (AvgIpc) is 2.02. The summed E-state index contributed by atoms with van der Waals surface area (Å²) in [6.07, 6.45) is 2.56. The molecule has 1 nitrogen and oxygen atoms in total. The lowest BCUT2D eigenvalue weighted by Crippen LogP contribution is -2.28. The Balaban J connectivity index is 2.47. The minimum atomic E-state index is -0.266. The predicted octanol–water partition coefficient (Wildman–Crippen LogP) is 2.30. The Kier molecular flexibility index (Phi) is 2.26. The molecule has 0 saturated heterocycles. The number of nitrogens with two attached hydrogens (primary N) is 1. The van der Waals surface area contributed by atoms with E-state index in [2.05, 4.69) is 0 Å². The van der Waals surface area contributed by atoms with Gasteiger partial charge in [-0.25, -0.2) is 4.39 Å². The number of fused-ring (bicyclic) bond motifs is 1. The van der Waals surface area contributed by atoms with Crippen molar-refractivity contribution in [2.24, 2.45) is 5.73 Å². The highest BCUT2D eigenvalue weighted by Crippen LogP contribution is 2.28. The van der Waals surface area contributed by atoms with Crippen LogP contribution in [0.5, 0.6) is 0 Å². The van der Waals surface area contributed by atoms with Crippen molar-refractivity contribution < 1.29 is 4.39 Å². The minimum Gasteiger partial charge on any atom is -0.327 e. The third-order valence-corrected chi connectivity index (χ3v) is 2.84. The van der Waals surface area contributed by atoms with Gasteiger partial charge in [0.25, 0.3) is 0 Å². The predicted molar refractivity (Wildman–Crippen MR) is 51.4 cm³/mol. The van der Waals surface area contributed by atoms with Gasteiger partial charge in [-0.2, -0.15) is 0 Å². The Hall–Kier alpha value is -0.600. The van der Waals surface area contributed by atoms with E-state index in [0.717, 1.165) is 30.4 Å². The van der Waals surface area contributed by atoms with Gasteiger partial charge in [0.1, 0.15) is 5.82 Å². The smallest absolute Gasteiger partial charge is 0.124 e. The maximum absolute atomic E-state index is 13.0. The lowest BCUT2D eigenvalue weighted by Gasteiger charge is -2.22. The maximum Gasteiger partial charge on any atom is 0.124 e. The fourth-order valence-electron chi connectivity index (χ4n) is 1.83. The Morgan fingerprint density at radius 3 is 3.00 bits per heavy atom. The van der Waals surface area contributed by atoms with E-state index in [-0.39, 0.29) is 11.9 Å². The summed E-state index contributed by atoms with van der Waals surface area (Å²) in [5.74, 6) is -0.266. The summed E-state index contributed by atoms with van der Waals surface area (Å²) in [5, 5.41) is 0.543. The van der Waals surface area contributed by atoms with Crippen LogP contribution in [0.3, 0.4) is 0 Å². The Labute approximate surface area is 81.7 Å². The van der Waals surface area contributed by atoms with Gasteiger partial charge in [0.2, 0.25) is 0 Å². The molecule has 2 rings (SSSR count). The van der Waals surface area contributed by atoms with Crippen LogP contribution in [0.1, 0.15) is 17.5 Å². The number of benzene rings is 1. The van der Waals surface area contributed by atoms with Gasteiger partial charge in [-0.15, -0.1) is 0 Å². The standard InChI is InChI=1S/C10H11ClFN/c11-10-5-7(12)3-6-4-8(13)1-2-9(6)10/h3,5,8H,1-2,4,13H2/t8-/m0/s1. The third-order valence-electron chi connectivity index (χ3n) is 2.50. The second-order valence-corrected chi connectivity index (χ2v) is 3.94. The van der Waals surface area contributed by atoms with Gasteiger partial charge in [-0.05, 0) is 42.5 Å². The quantitative estimate of drug-likeness (QED) is 0.682. The molecule has 0 aliphatic heterocycles. The molecule has 3 heteroatoms. The van der Waals surface area contributed by atoms with Crippen LogP contribution >= 0.6 is 11.6 Å². The molecule has 13 heavy (non-hydrogen) atoms. The SMILES string of the molecule is N[C@H]1CCc2c(Cl)cc(F)cc2C1. The lowest BCUT2D eigenvalue weighted by atomic mass is 9.89. The zero-order valence-corrected chi connectivity index (χ0v) is 7.94. The molecule has 1 aliphatic carbocycles. The van der Waals surface area contributed by atoms with Gasteiger partial charge >= 0.3 is 0 Å². The van der Waals surface area contributed by atoms with Crippen LogP contribution in [0.4, 0.5) is 4.39 Å². The van der Waals surface area contributed by atoms with E-state index >= 15 is 0 Å². The van der Waals surface area contributed by atoms with E-state index < -0.39 is 0 Å². The molecule has 0 aromatic heterocycles. The topological polar surface area (TPSA) is 26.0 Å².